The highest BCUT2D eigenvalue weighted by atomic mass is 16.5. The molecule has 2 N–H and O–H groups in total. The van der Waals surface area contributed by atoms with Gasteiger partial charge in [-0.05, 0) is 54.0 Å². The molecule has 0 aliphatic rings. The van der Waals surface area contributed by atoms with Gasteiger partial charge < -0.3 is 19.9 Å². The minimum absolute atomic E-state index is 0.120. The van der Waals surface area contributed by atoms with Crippen LogP contribution in [0.3, 0.4) is 0 Å². The van der Waals surface area contributed by atoms with E-state index in [1.165, 1.54) is 22.4 Å². The average Bonchev–Trinajstić information content (AvgIpc) is 2.97. The Morgan fingerprint density at radius 3 is 2.15 bits per heavy atom. The second kappa shape index (κ2) is 13.9. The van der Waals surface area contributed by atoms with Gasteiger partial charge in [0.25, 0.3) is 0 Å². The lowest BCUT2D eigenvalue weighted by molar-refractivity contribution is 0.0469. The highest BCUT2D eigenvalue weighted by Crippen LogP contribution is 2.38. The maximum absolute atomic E-state index is 12.8. The maximum Gasteiger partial charge on any atom is 0.342 e. The van der Waals surface area contributed by atoms with Crippen LogP contribution in [0.5, 0.6) is 11.5 Å². The zero-order valence-electron chi connectivity index (χ0n) is 24.7. The number of esters is 1. The molecule has 0 saturated carbocycles. The van der Waals surface area contributed by atoms with E-state index in [-0.39, 0.29) is 17.9 Å². The first-order valence-electron chi connectivity index (χ1n) is 14.4. The van der Waals surface area contributed by atoms with Crippen molar-refractivity contribution in [1.82, 2.24) is 0 Å². The van der Waals surface area contributed by atoms with Crippen molar-refractivity contribution in [1.29, 1.82) is 0 Å². The molecule has 0 heterocycles. The SMILES string of the molecule is Cc1cc(C(C)C)c(NCCCOc2ccccc2-c2cccc(C(=O)OCc3ccccc3)c2O)c(C(C)C)c1. The maximum atomic E-state index is 12.8. The van der Waals surface area contributed by atoms with Gasteiger partial charge in [0, 0.05) is 23.4 Å². The van der Waals surface area contributed by atoms with Crippen molar-refractivity contribution in [3.63, 3.8) is 0 Å². The lowest BCUT2D eigenvalue weighted by Crippen LogP contribution is -2.12. The Morgan fingerprint density at radius 2 is 1.46 bits per heavy atom. The molecule has 0 aliphatic carbocycles. The molecule has 0 aromatic heterocycles. The van der Waals surface area contributed by atoms with Crippen LogP contribution in [-0.2, 0) is 11.3 Å². The van der Waals surface area contributed by atoms with Crippen LogP contribution in [0.15, 0.2) is 84.9 Å². The summed E-state index contributed by atoms with van der Waals surface area (Å²) in [5.74, 6) is 0.813. The number of rotatable bonds is 12. The molecule has 5 heteroatoms. The lowest BCUT2D eigenvalue weighted by Gasteiger charge is -2.22. The van der Waals surface area contributed by atoms with Crippen LogP contribution in [0.4, 0.5) is 5.69 Å². The number of para-hydroxylation sites is 2. The van der Waals surface area contributed by atoms with Crippen molar-refractivity contribution in [2.75, 3.05) is 18.5 Å². The lowest BCUT2D eigenvalue weighted by atomic mass is 9.90. The first-order valence-corrected chi connectivity index (χ1v) is 14.4. The molecule has 0 saturated heterocycles. The number of phenols is 1. The van der Waals surface area contributed by atoms with E-state index in [1.54, 1.807) is 18.2 Å². The van der Waals surface area contributed by atoms with Crippen molar-refractivity contribution in [3.05, 3.63) is 113 Å². The van der Waals surface area contributed by atoms with E-state index >= 15 is 0 Å². The summed E-state index contributed by atoms with van der Waals surface area (Å²) >= 11 is 0. The Kier molecular flexibility index (Phi) is 10.1. The summed E-state index contributed by atoms with van der Waals surface area (Å²) in [5.41, 5.74) is 7.47. The smallest absolute Gasteiger partial charge is 0.342 e. The molecule has 0 amide bonds. The first-order chi connectivity index (χ1) is 19.8. The van der Waals surface area contributed by atoms with Gasteiger partial charge in [0.1, 0.15) is 23.7 Å². The van der Waals surface area contributed by atoms with Crippen LogP contribution in [0, 0.1) is 6.92 Å². The van der Waals surface area contributed by atoms with E-state index < -0.39 is 5.97 Å². The number of ether oxygens (including phenoxy) is 2. The van der Waals surface area contributed by atoms with E-state index in [2.05, 4.69) is 52.1 Å². The van der Waals surface area contributed by atoms with Crippen molar-refractivity contribution in [2.24, 2.45) is 0 Å². The normalized spacial score (nSPS) is 11.1. The minimum Gasteiger partial charge on any atom is -0.506 e. The first kappa shape index (κ1) is 29.7. The third-order valence-electron chi connectivity index (χ3n) is 7.11. The fraction of sp³-hybridized carbons (Fsp3) is 0.306. The van der Waals surface area contributed by atoms with Crippen LogP contribution in [0.2, 0.25) is 0 Å². The standard InChI is InChI=1S/C36H41NO4/c1-24(2)31-21-26(5)22-32(25(3)4)34(31)37-19-12-20-40-33-18-10-9-15-28(33)29-16-11-17-30(35(29)38)36(39)41-23-27-13-7-6-8-14-27/h6-11,13-18,21-22,24-25,37-38H,12,19-20,23H2,1-5H3. The summed E-state index contributed by atoms with van der Waals surface area (Å²) in [6.07, 6.45) is 0.801. The number of carbonyl (C=O) groups is 1. The summed E-state index contributed by atoms with van der Waals surface area (Å²) in [7, 11) is 0. The zero-order valence-corrected chi connectivity index (χ0v) is 24.7. The highest BCUT2D eigenvalue weighted by Gasteiger charge is 2.19. The molecule has 0 fully saturated rings. The number of hydrogen-bond acceptors (Lipinski definition) is 5. The van der Waals surface area contributed by atoms with Gasteiger partial charge in [-0.1, -0.05) is 106 Å². The molecule has 0 bridgehead atoms. The van der Waals surface area contributed by atoms with Gasteiger partial charge in [0.2, 0.25) is 0 Å². The van der Waals surface area contributed by atoms with Gasteiger partial charge in [-0.15, -0.1) is 0 Å². The Labute approximate surface area is 244 Å². The second-order valence-electron chi connectivity index (χ2n) is 11.0. The van der Waals surface area contributed by atoms with Crippen LogP contribution in [0.1, 0.15) is 78.6 Å². The number of phenolic OH excluding ortho intramolecular Hbond substituents is 1. The third kappa shape index (κ3) is 7.49. The molecule has 4 aromatic carbocycles. The predicted octanol–water partition coefficient (Wildman–Crippen LogP) is 8.85. The molecule has 5 nitrogen and oxygen atoms in total. The molecule has 4 rings (SSSR count). The fourth-order valence-electron chi connectivity index (χ4n) is 4.97. The molecule has 0 aliphatic heterocycles. The Hall–Kier alpha value is -4.25. The third-order valence-corrected chi connectivity index (χ3v) is 7.11. The largest absolute Gasteiger partial charge is 0.506 e. The van der Waals surface area contributed by atoms with E-state index in [0.29, 0.717) is 29.8 Å². The molecule has 0 unspecified atom stereocenters. The topological polar surface area (TPSA) is 67.8 Å². The van der Waals surface area contributed by atoms with E-state index in [0.717, 1.165) is 24.1 Å². The number of benzene rings is 4. The van der Waals surface area contributed by atoms with Gasteiger partial charge >= 0.3 is 5.97 Å². The van der Waals surface area contributed by atoms with Gasteiger partial charge in [0.15, 0.2) is 0 Å². The van der Waals surface area contributed by atoms with Crippen LogP contribution >= 0.6 is 0 Å². The molecule has 4 aromatic rings. The summed E-state index contributed by atoms with van der Waals surface area (Å²) in [6.45, 7) is 12.5. The van der Waals surface area contributed by atoms with Crippen molar-refractivity contribution < 1.29 is 19.4 Å². The fourth-order valence-corrected chi connectivity index (χ4v) is 4.97. The average molecular weight is 552 g/mol. The number of anilines is 1. The predicted molar refractivity (Wildman–Crippen MR) is 167 cm³/mol. The molecule has 41 heavy (non-hydrogen) atoms. The van der Waals surface area contributed by atoms with Gasteiger partial charge in [-0.25, -0.2) is 4.79 Å². The molecule has 0 spiro atoms. The summed E-state index contributed by atoms with van der Waals surface area (Å²) in [6, 6.07) is 26.7. The highest BCUT2D eigenvalue weighted by molar-refractivity contribution is 5.96. The van der Waals surface area contributed by atoms with Crippen LogP contribution < -0.4 is 10.1 Å². The second-order valence-corrected chi connectivity index (χ2v) is 11.0. The van der Waals surface area contributed by atoms with Gasteiger partial charge in [-0.2, -0.15) is 0 Å². The Balaban J connectivity index is 1.42. The van der Waals surface area contributed by atoms with E-state index in [1.807, 2.05) is 54.6 Å². The Bertz CT molecular complexity index is 1430. The monoisotopic (exact) mass is 551 g/mol. The van der Waals surface area contributed by atoms with Crippen LogP contribution in [0.25, 0.3) is 11.1 Å². The summed E-state index contributed by atoms with van der Waals surface area (Å²) in [4.78, 5) is 12.8. The molecule has 0 radical (unpaired) electrons. The van der Waals surface area contributed by atoms with E-state index in [4.69, 9.17) is 9.47 Å². The van der Waals surface area contributed by atoms with Crippen molar-refractivity contribution in [3.8, 4) is 22.6 Å². The van der Waals surface area contributed by atoms with Gasteiger partial charge in [0.05, 0.1) is 6.61 Å². The number of nitrogens with one attached hydrogen (secondary N) is 1. The number of aryl methyl sites for hydroxylation is 1. The molecule has 0 atom stereocenters. The van der Waals surface area contributed by atoms with Crippen molar-refractivity contribution in [2.45, 2.75) is 59.5 Å². The van der Waals surface area contributed by atoms with E-state index in [9.17, 15) is 9.90 Å². The number of hydrogen-bond donors (Lipinski definition) is 2. The molecular formula is C36H41NO4. The quantitative estimate of drug-likeness (QED) is 0.136. The van der Waals surface area contributed by atoms with Crippen molar-refractivity contribution >= 4 is 11.7 Å². The number of aromatic hydroxyl groups is 1. The van der Waals surface area contributed by atoms with Crippen LogP contribution in [-0.4, -0.2) is 24.2 Å². The molecular weight excluding hydrogens is 510 g/mol. The summed E-state index contributed by atoms with van der Waals surface area (Å²) < 4.78 is 11.7. The minimum atomic E-state index is -0.574. The zero-order chi connectivity index (χ0) is 29.4. The number of carbonyl (C=O) groups excluding carboxylic acids is 1. The Morgan fingerprint density at radius 1 is 0.829 bits per heavy atom. The summed E-state index contributed by atoms with van der Waals surface area (Å²) in [5, 5.41) is 14.8. The van der Waals surface area contributed by atoms with Gasteiger partial charge in [-0.3, -0.25) is 0 Å². The molecule has 214 valence electrons.